The Kier molecular flexibility index (Phi) is 6.62. The molecule has 0 aliphatic carbocycles. The lowest BCUT2D eigenvalue weighted by Gasteiger charge is -2.13. The molecule has 1 fully saturated rings. The van der Waals surface area contributed by atoms with Gasteiger partial charge in [-0.05, 0) is 52.9 Å². The molecule has 1 amide bonds. The molecule has 3 N–H and O–H groups in total. The summed E-state index contributed by atoms with van der Waals surface area (Å²) in [5, 5.41) is 13.7. The van der Waals surface area contributed by atoms with E-state index in [0.29, 0.717) is 13.2 Å². The zero-order valence-electron chi connectivity index (χ0n) is 14.8. The minimum Gasteiger partial charge on any atom is -0.368 e. The molecular formula is C19H24N4O2S. The van der Waals surface area contributed by atoms with Crippen LogP contribution in [0.15, 0.2) is 46.1 Å². The predicted octanol–water partition coefficient (Wildman–Crippen LogP) is 2.73. The molecule has 0 saturated carbocycles. The van der Waals surface area contributed by atoms with Crippen LogP contribution in [0, 0.1) is 0 Å². The van der Waals surface area contributed by atoms with Crippen molar-refractivity contribution in [3.8, 4) is 0 Å². The Labute approximate surface area is 157 Å². The molecule has 0 radical (unpaired) electrons. The van der Waals surface area contributed by atoms with Crippen LogP contribution in [0.1, 0.15) is 24.0 Å². The Morgan fingerprint density at radius 3 is 2.81 bits per heavy atom. The number of thiophene rings is 1. The average Bonchev–Trinajstić information content (AvgIpc) is 3.36. The van der Waals surface area contributed by atoms with E-state index in [1.807, 2.05) is 24.3 Å². The maximum atomic E-state index is 12.2. The number of aliphatic imine (C=N–C) groups is 1. The van der Waals surface area contributed by atoms with Gasteiger partial charge in [0, 0.05) is 32.4 Å². The quantitative estimate of drug-likeness (QED) is 0.538. The fourth-order valence-electron chi connectivity index (χ4n) is 2.75. The van der Waals surface area contributed by atoms with Gasteiger partial charge in [0.1, 0.15) is 6.10 Å². The fourth-order valence-corrected chi connectivity index (χ4v) is 3.42. The summed E-state index contributed by atoms with van der Waals surface area (Å²) in [5.41, 5.74) is 3.08. The summed E-state index contributed by atoms with van der Waals surface area (Å²) in [6, 6.07) is 9.89. The summed E-state index contributed by atoms with van der Waals surface area (Å²) in [6.07, 6.45) is 1.41. The standard InChI is InChI=1S/C19H24N4O2S/c1-20-19(22-12-15-7-9-26-13-15)21-11-14-4-2-5-16(10-14)23-18(24)17-6-3-8-25-17/h2,4-5,7,9-10,13,17H,3,6,8,11-12H2,1H3,(H,23,24)(H2,20,21,22). The smallest absolute Gasteiger partial charge is 0.253 e. The number of hydrogen-bond donors (Lipinski definition) is 3. The van der Waals surface area contributed by atoms with Crippen molar-refractivity contribution >= 4 is 28.9 Å². The van der Waals surface area contributed by atoms with Gasteiger partial charge in [-0.3, -0.25) is 9.79 Å². The second-order valence-electron chi connectivity index (χ2n) is 6.10. The number of carbonyl (C=O) groups excluding carboxylic acids is 1. The first kappa shape index (κ1) is 18.4. The molecule has 7 heteroatoms. The van der Waals surface area contributed by atoms with Gasteiger partial charge in [0.2, 0.25) is 0 Å². The van der Waals surface area contributed by atoms with E-state index in [-0.39, 0.29) is 12.0 Å². The molecule has 26 heavy (non-hydrogen) atoms. The summed E-state index contributed by atoms with van der Waals surface area (Å²) in [5.74, 6) is 0.672. The summed E-state index contributed by atoms with van der Waals surface area (Å²) in [7, 11) is 1.75. The number of benzene rings is 1. The van der Waals surface area contributed by atoms with Gasteiger partial charge in [-0.1, -0.05) is 12.1 Å². The summed E-state index contributed by atoms with van der Waals surface area (Å²) < 4.78 is 5.42. The molecular weight excluding hydrogens is 348 g/mol. The van der Waals surface area contributed by atoms with Gasteiger partial charge in [0.25, 0.3) is 5.91 Å². The minimum absolute atomic E-state index is 0.0687. The summed E-state index contributed by atoms with van der Waals surface area (Å²) in [6.45, 7) is 2.02. The number of nitrogens with one attached hydrogen (secondary N) is 3. The Balaban J connectivity index is 1.50. The lowest BCUT2D eigenvalue weighted by atomic mass is 10.2. The van der Waals surface area contributed by atoms with Gasteiger partial charge in [0.15, 0.2) is 5.96 Å². The molecule has 1 aromatic carbocycles. The second-order valence-corrected chi connectivity index (χ2v) is 6.88. The van der Waals surface area contributed by atoms with Crippen molar-refractivity contribution in [1.82, 2.24) is 10.6 Å². The highest BCUT2D eigenvalue weighted by Gasteiger charge is 2.23. The fraction of sp³-hybridized carbons (Fsp3) is 0.368. The van der Waals surface area contributed by atoms with Gasteiger partial charge in [-0.15, -0.1) is 0 Å². The normalized spacial score (nSPS) is 17.1. The molecule has 1 atom stereocenters. The number of carbonyl (C=O) groups is 1. The maximum absolute atomic E-state index is 12.2. The maximum Gasteiger partial charge on any atom is 0.253 e. The van der Waals surface area contributed by atoms with Crippen LogP contribution < -0.4 is 16.0 Å². The van der Waals surface area contributed by atoms with Crippen molar-refractivity contribution in [2.45, 2.75) is 32.0 Å². The predicted molar refractivity (Wildman–Crippen MR) is 105 cm³/mol. The Bertz CT molecular complexity index is 740. The van der Waals surface area contributed by atoms with Gasteiger partial charge in [0.05, 0.1) is 0 Å². The third-order valence-corrected chi connectivity index (χ3v) is 4.87. The molecule has 0 bridgehead atoms. The topological polar surface area (TPSA) is 74.8 Å². The van der Waals surface area contributed by atoms with E-state index < -0.39 is 0 Å². The first-order valence-electron chi connectivity index (χ1n) is 8.71. The SMILES string of the molecule is CN=C(NCc1ccsc1)NCc1cccc(NC(=O)C2CCCO2)c1. The first-order chi connectivity index (χ1) is 12.7. The number of amides is 1. The number of ether oxygens (including phenoxy) is 1. The van der Waals surface area contributed by atoms with E-state index in [0.717, 1.165) is 36.6 Å². The van der Waals surface area contributed by atoms with Crippen LogP contribution in [0.2, 0.25) is 0 Å². The summed E-state index contributed by atoms with van der Waals surface area (Å²) >= 11 is 1.68. The van der Waals surface area contributed by atoms with Gasteiger partial charge < -0.3 is 20.7 Å². The third-order valence-electron chi connectivity index (χ3n) is 4.14. The molecule has 138 valence electrons. The van der Waals surface area contributed by atoms with Crippen molar-refractivity contribution in [3.05, 3.63) is 52.2 Å². The lowest BCUT2D eigenvalue weighted by Crippen LogP contribution is -2.36. The van der Waals surface area contributed by atoms with Crippen molar-refractivity contribution in [1.29, 1.82) is 0 Å². The van der Waals surface area contributed by atoms with E-state index in [2.05, 4.69) is 37.8 Å². The number of guanidine groups is 1. The van der Waals surface area contributed by atoms with Gasteiger partial charge >= 0.3 is 0 Å². The van der Waals surface area contributed by atoms with E-state index in [1.54, 1.807) is 18.4 Å². The van der Waals surface area contributed by atoms with Crippen LogP contribution >= 0.6 is 11.3 Å². The first-order valence-corrected chi connectivity index (χ1v) is 9.66. The highest BCUT2D eigenvalue weighted by Crippen LogP contribution is 2.16. The van der Waals surface area contributed by atoms with E-state index in [1.165, 1.54) is 5.56 Å². The van der Waals surface area contributed by atoms with Crippen LogP contribution in [0.4, 0.5) is 5.69 Å². The van der Waals surface area contributed by atoms with Gasteiger partial charge in [-0.2, -0.15) is 11.3 Å². The average molecular weight is 372 g/mol. The Morgan fingerprint density at radius 1 is 1.27 bits per heavy atom. The number of hydrogen-bond acceptors (Lipinski definition) is 4. The van der Waals surface area contributed by atoms with Gasteiger partial charge in [-0.25, -0.2) is 0 Å². The van der Waals surface area contributed by atoms with Crippen molar-refractivity contribution < 1.29 is 9.53 Å². The zero-order chi connectivity index (χ0) is 18.2. The molecule has 0 spiro atoms. The Hall–Kier alpha value is -2.38. The van der Waals surface area contributed by atoms with E-state index >= 15 is 0 Å². The molecule has 3 rings (SSSR count). The van der Waals surface area contributed by atoms with Crippen LogP contribution in [-0.4, -0.2) is 31.6 Å². The molecule has 2 heterocycles. The minimum atomic E-state index is -0.322. The van der Waals surface area contributed by atoms with Crippen molar-refractivity contribution in [2.75, 3.05) is 19.0 Å². The molecule has 6 nitrogen and oxygen atoms in total. The number of nitrogens with zero attached hydrogens (tertiary/aromatic N) is 1. The van der Waals surface area contributed by atoms with Crippen LogP contribution in [0.5, 0.6) is 0 Å². The molecule has 1 aliphatic heterocycles. The van der Waals surface area contributed by atoms with E-state index in [9.17, 15) is 4.79 Å². The lowest BCUT2D eigenvalue weighted by molar-refractivity contribution is -0.124. The second kappa shape index (κ2) is 9.35. The highest BCUT2D eigenvalue weighted by molar-refractivity contribution is 7.07. The van der Waals surface area contributed by atoms with Crippen LogP contribution in [0.3, 0.4) is 0 Å². The third kappa shape index (κ3) is 5.31. The molecule has 1 aliphatic rings. The van der Waals surface area contributed by atoms with Crippen LogP contribution in [-0.2, 0) is 22.6 Å². The monoisotopic (exact) mass is 372 g/mol. The molecule has 2 aromatic rings. The van der Waals surface area contributed by atoms with E-state index in [4.69, 9.17) is 4.74 Å². The number of rotatable bonds is 6. The highest BCUT2D eigenvalue weighted by atomic mass is 32.1. The largest absolute Gasteiger partial charge is 0.368 e. The van der Waals surface area contributed by atoms with Crippen molar-refractivity contribution in [2.24, 2.45) is 4.99 Å². The van der Waals surface area contributed by atoms with Crippen LogP contribution in [0.25, 0.3) is 0 Å². The molecule has 1 saturated heterocycles. The molecule has 1 unspecified atom stereocenters. The Morgan fingerprint density at radius 2 is 2.12 bits per heavy atom. The number of anilines is 1. The zero-order valence-corrected chi connectivity index (χ0v) is 15.6. The summed E-state index contributed by atoms with van der Waals surface area (Å²) in [4.78, 5) is 16.4. The molecule has 1 aromatic heterocycles. The van der Waals surface area contributed by atoms with Crippen molar-refractivity contribution in [3.63, 3.8) is 0 Å².